The number of hydrogen-bond donors (Lipinski definition) is 1. The number of nitrogens with zero attached hydrogens (tertiary/aromatic N) is 4. The van der Waals surface area contributed by atoms with E-state index in [0.717, 1.165) is 64.1 Å². The summed E-state index contributed by atoms with van der Waals surface area (Å²) in [7, 11) is 1.75. The van der Waals surface area contributed by atoms with Gasteiger partial charge in [0.15, 0.2) is 5.96 Å². The number of rotatable bonds is 6. The van der Waals surface area contributed by atoms with Crippen molar-refractivity contribution in [1.82, 2.24) is 10.2 Å². The summed E-state index contributed by atoms with van der Waals surface area (Å²) in [6.07, 6.45) is 1.17. The Hall–Kier alpha value is -1.68. The van der Waals surface area contributed by atoms with E-state index in [4.69, 9.17) is 9.73 Å². The normalized spacial score (nSPS) is 19.4. The van der Waals surface area contributed by atoms with Crippen molar-refractivity contribution in [3.8, 4) is 5.75 Å². The summed E-state index contributed by atoms with van der Waals surface area (Å²) in [6.45, 7) is 10.2. The van der Waals surface area contributed by atoms with Crippen molar-refractivity contribution in [2.24, 2.45) is 10.9 Å². The Balaban J connectivity index is 0.00000272. The summed E-state index contributed by atoms with van der Waals surface area (Å²) in [6, 6.07) is 12.7. The number of nitrogens with one attached hydrogen (secondary N) is 1. The van der Waals surface area contributed by atoms with Crippen LogP contribution in [-0.4, -0.2) is 70.3 Å². The second-order valence-electron chi connectivity index (χ2n) is 7.89. The molecule has 4 rings (SSSR count). The van der Waals surface area contributed by atoms with Gasteiger partial charge in [0.25, 0.3) is 0 Å². The number of piperazine rings is 1. The maximum absolute atomic E-state index is 5.55. The smallest absolute Gasteiger partial charge is 0.194 e. The minimum absolute atomic E-state index is 0. The molecule has 170 valence electrons. The van der Waals surface area contributed by atoms with E-state index in [0.29, 0.717) is 5.92 Å². The van der Waals surface area contributed by atoms with Gasteiger partial charge in [0.05, 0.1) is 17.8 Å². The predicted octanol–water partition coefficient (Wildman–Crippen LogP) is 3.99. The van der Waals surface area contributed by atoms with Crippen molar-refractivity contribution in [3.05, 3.63) is 41.8 Å². The molecule has 0 aliphatic carbocycles. The van der Waals surface area contributed by atoms with Crippen molar-refractivity contribution >= 4 is 52.0 Å². The number of benzene rings is 1. The molecule has 2 saturated heterocycles. The highest BCUT2D eigenvalue weighted by Crippen LogP contribution is 2.32. The van der Waals surface area contributed by atoms with Crippen molar-refractivity contribution in [1.29, 1.82) is 0 Å². The van der Waals surface area contributed by atoms with E-state index < -0.39 is 0 Å². The molecule has 0 amide bonds. The van der Waals surface area contributed by atoms with E-state index in [1.54, 1.807) is 7.11 Å². The summed E-state index contributed by atoms with van der Waals surface area (Å²) in [5.41, 5.74) is 1.20. The molecule has 1 unspecified atom stereocenters. The number of thiophene rings is 1. The minimum Gasteiger partial charge on any atom is -0.495 e. The first-order valence-electron chi connectivity index (χ1n) is 11.0. The second kappa shape index (κ2) is 11.8. The van der Waals surface area contributed by atoms with Crippen molar-refractivity contribution in [3.63, 3.8) is 0 Å². The third-order valence-corrected chi connectivity index (χ3v) is 6.87. The van der Waals surface area contributed by atoms with Crippen LogP contribution in [0.1, 0.15) is 13.3 Å². The van der Waals surface area contributed by atoms with Gasteiger partial charge in [-0.2, -0.15) is 0 Å². The molecule has 0 radical (unpaired) electrons. The topological polar surface area (TPSA) is 43.3 Å². The Morgan fingerprint density at radius 2 is 1.90 bits per heavy atom. The molecule has 2 aromatic rings. The van der Waals surface area contributed by atoms with Crippen molar-refractivity contribution in [2.75, 3.05) is 69.3 Å². The molecule has 6 nitrogen and oxygen atoms in total. The lowest BCUT2D eigenvalue weighted by Crippen LogP contribution is -2.52. The van der Waals surface area contributed by atoms with Crippen LogP contribution in [0, 0.1) is 5.92 Å². The average molecular weight is 556 g/mol. The third kappa shape index (κ3) is 5.97. The lowest BCUT2D eigenvalue weighted by Gasteiger charge is -2.37. The molecule has 1 N–H and O–H groups in total. The molecule has 1 atom stereocenters. The number of aliphatic imine (C=N–C) groups is 1. The number of hydrogen-bond acceptors (Lipinski definition) is 5. The molecule has 3 heterocycles. The Labute approximate surface area is 207 Å². The van der Waals surface area contributed by atoms with Gasteiger partial charge >= 0.3 is 0 Å². The van der Waals surface area contributed by atoms with Crippen LogP contribution in [0.15, 0.2) is 46.8 Å². The lowest BCUT2D eigenvalue weighted by atomic mass is 10.1. The molecule has 2 aliphatic rings. The fraction of sp³-hybridized carbons (Fsp3) is 0.522. The Morgan fingerprint density at radius 1 is 1.10 bits per heavy atom. The molecule has 2 fully saturated rings. The number of methoxy groups -OCH3 is 1. The number of para-hydroxylation sites is 2. The Bertz CT molecular complexity index is 823. The molecular weight excluding hydrogens is 521 g/mol. The van der Waals surface area contributed by atoms with Gasteiger partial charge in [0.2, 0.25) is 0 Å². The van der Waals surface area contributed by atoms with E-state index in [1.807, 2.05) is 23.5 Å². The maximum Gasteiger partial charge on any atom is 0.194 e. The molecule has 2 aliphatic heterocycles. The average Bonchev–Trinajstić information content (AvgIpc) is 3.49. The van der Waals surface area contributed by atoms with E-state index in [-0.39, 0.29) is 24.0 Å². The highest BCUT2D eigenvalue weighted by molar-refractivity contribution is 14.0. The van der Waals surface area contributed by atoms with Crippen LogP contribution in [0.25, 0.3) is 0 Å². The highest BCUT2D eigenvalue weighted by atomic mass is 127. The van der Waals surface area contributed by atoms with Crippen LogP contribution in [0.2, 0.25) is 0 Å². The summed E-state index contributed by atoms with van der Waals surface area (Å²) in [5, 5.41) is 7.04. The zero-order valence-corrected chi connectivity index (χ0v) is 21.6. The summed E-state index contributed by atoms with van der Waals surface area (Å²) in [4.78, 5) is 12.4. The van der Waals surface area contributed by atoms with E-state index >= 15 is 0 Å². The first-order valence-corrected chi connectivity index (χ1v) is 11.9. The molecule has 0 bridgehead atoms. The van der Waals surface area contributed by atoms with Gasteiger partial charge < -0.3 is 24.8 Å². The van der Waals surface area contributed by atoms with Gasteiger partial charge in [-0.25, -0.2) is 0 Å². The van der Waals surface area contributed by atoms with E-state index in [2.05, 4.69) is 56.6 Å². The fourth-order valence-corrected chi connectivity index (χ4v) is 5.11. The van der Waals surface area contributed by atoms with E-state index in [1.165, 1.54) is 17.1 Å². The molecule has 1 aromatic heterocycles. The largest absolute Gasteiger partial charge is 0.495 e. The van der Waals surface area contributed by atoms with Gasteiger partial charge in [0, 0.05) is 52.4 Å². The third-order valence-electron chi connectivity index (χ3n) is 5.94. The van der Waals surface area contributed by atoms with Crippen LogP contribution < -0.4 is 19.9 Å². The van der Waals surface area contributed by atoms with Gasteiger partial charge in [-0.05, 0) is 48.9 Å². The molecule has 0 spiro atoms. The zero-order valence-electron chi connectivity index (χ0n) is 18.5. The monoisotopic (exact) mass is 555 g/mol. The van der Waals surface area contributed by atoms with E-state index in [9.17, 15) is 0 Å². The van der Waals surface area contributed by atoms with Crippen LogP contribution >= 0.6 is 35.3 Å². The summed E-state index contributed by atoms with van der Waals surface area (Å²) < 4.78 is 5.55. The van der Waals surface area contributed by atoms with Gasteiger partial charge in [-0.1, -0.05) is 12.1 Å². The van der Waals surface area contributed by atoms with Crippen LogP contribution in [0.4, 0.5) is 10.7 Å². The SMILES string of the molecule is CCNC(=NCC1CCN(c2ccccc2OC)C1)N1CCN(c2cccs2)CC1.I. The van der Waals surface area contributed by atoms with Crippen molar-refractivity contribution in [2.45, 2.75) is 13.3 Å². The molecule has 31 heavy (non-hydrogen) atoms. The number of anilines is 2. The number of halogens is 1. The van der Waals surface area contributed by atoms with Gasteiger partial charge in [-0.3, -0.25) is 4.99 Å². The standard InChI is InChI=1S/C23H33N5OS.HI/c1-3-24-23(27-14-12-26(13-15-27)22-9-6-16-30-22)25-17-19-10-11-28(18-19)20-7-4-5-8-21(20)29-2;/h4-9,16,19H,3,10-15,17-18H2,1-2H3,(H,24,25);1H. The number of guanidine groups is 1. The number of ether oxygens (including phenoxy) is 1. The van der Waals surface area contributed by atoms with Crippen LogP contribution in [-0.2, 0) is 0 Å². The lowest BCUT2D eigenvalue weighted by molar-refractivity contribution is 0.372. The van der Waals surface area contributed by atoms with Crippen molar-refractivity contribution < 1.29 is 4.74 Å². The first-order chi connectivity index (χ1) is 14.8. The zero-order chi connectivity index (χ0) is 20.8. The van der Waals surface area contributed by atoms with Crippen LogP contribution in [0.3, 0.4) is 0 Å². The summed E-state index contributed by atoms with van der Waals surface area (Å²) in [5.74, 6) is 2.61. The fourth-order valence-electron chi connectivity index (χ4n) is 4.32. The highest BCUT2D eigenvalue weighted by Gasteiger charge is 2.25. The Morgan fingerprint density at radius 3 is 2.61 bits per heavy atom. The van der Waals surface area contributed by atoms with Gasteiger partial charge in [0.1, 0.15) is 5.75 Å². The maximum atomic E-state index is 5.55. The molecule has 8 heteroatoms. The quantitative estimate of drug-likeness (QED) is 0.332. The minimum atomic E-state index is 0. The molecular formula is C23H34IN5OS. The summed E-state index contributed by atoms with van der Waals surface area (Å²) >= 11 is 1.83. The van der Waals surface area contributed by atoms with Crippen LogP contribution in [0.5, 0.6) is 5.75 Å². The van der Waals surface area contributed by atoms with Gasteiger partial charge in [-0.15, -0.1) is 35.3 Å². The Kier molecular flexibility index (Phi) is 9.13. The predicted molar refractivity (Wildman–Crippen MR) is 143 cm³/mol. The second-order valence-corrected chi connectivity index (χ2v) is 8.82. The molecule has 1 aromatic carbocycles. The molecule has 0 saturated carbocycles. The first kappa shape index (κ1) is 24.0.